The molecule has 3 aromatic heterocycles. The molecule has 0 atom stereocenters. The van der Waals surface area contributed by atoms with Crippen LogP contribution in [-0.4, -0.2) is 25.0 Å². The average Bonchev–Trinajstić information content (AvgIpc) is 3.10. The average molecular weight is 456 g/mol. The molecule has 0 saturated carbocycles. The Labute approximate surface area is 185 Å². The third-order valence-corrected chi connectivity index (χ3v) is 6.09. The Kier molecular flexibility index (Phi) is 5.47. The van der Waals surface area contributed by atoms with Gasteiger partial charge in [-0.1, -0.05) is 23.7 Å². The standard InChI is InChI=1S/C21H18ClN5O3S/c1-11-18(12-4-6-13(22)7-5-12)25-20(31-11)24-16(28)10-14-17-15(8-9-23-14)26(2)21(30)27(3)19(17)29/h4-9H,10H2,1-3H3,(H,24,25,28). The van der Waals surface area contributed by atoms with Crippen LogP contribution in [0.1, 0.15) is 10.6 Å². The van der Waals surface area contributed by atoms with E-state index in [9.17, 15) is 14.4 Å². The van der Waals surface area contributed by atoms with E-state index in [0.717, 1.165) is 20.7 Å². The summed E-state index contributed by atoms with van der Waals surface area (Å²) in [6, 6.07) is 8.90. The number of carbonyl (C=O) groups is 1. The molecule has 0 aliphatic heterocycles. The predicted molar refractivity (Wildman–Crippen MR) is 122 cm³/mol. The second-order valence-electron chi connectivity index (χ2n) is 7.01. The van der Waals surface area contributed by atoms with E-state index in [1.165, 1.54) is 29.1 Å². The molecule has 31 heavy (non-hydrogen) atoms. The molecule has 0 spiro atoms. The van der Waals surface area contributed by atoms with Crippen molar-refractivity contribution in [3.8, 4) is 11.3 Å². The molecule has 0 unspecified atom stereocenters. The van der Waals surface area contributed by atoms with Crippen LogP contribution in [-0.2, 0) is 25.3 Å². The molecular weight excluding hydrogens is 438 g/mol. The molecule has 4 aromatic rings. The smallest absolute Gasteiger partial charge is 0.302 e. The first kappa shape index (κ1) is 21.0. The van der Waals surface area contributed by atoms with E-state index in [1.54, 1.807) is 25.2 Å². The summed E-state index contributed by atoms with van der Waals surface area (Å²) in [5, 5.41) is 4.12. The van der Waals surface area contributed by atoms with Crippen molar-refractivity contribution in [3.05, 3.63) is 73.0 Å². The molecule has 3 heterocycles. The van der Waals surface area contributed by atoms with Gasteiger partial charge in [0.15, 0.2) is 5.13 Å². The Morgan fingerprint density at radius 2 is 1.84 bits per heavy atom. The van der Waals surface area contributed by atoms with E-state index in [1.807, 2.05) is 19.1 Å². The van der Waals surface area contributed by atoms with Crippen molar-refractivity contribution in [2.75, 3.05) is 5.32 Å². The molecule has 0 radical (unpaired) electrons. The number of aryl methyl sites for hydroxylation is 2. The van der Waals surface area contributed by atoms with Crippen molar-refractivity contribution in [1.29, 1.82) is 0 Å². The van der Waals surface area contributed by atoms with E-state index < -0.39 is 11.2 Å². The normalized spacial score (nSPS) is 11.1. The number of benzene rings is 1. The number of aromatic nitrogens is 4. The van der Waals surface area contributed by atoms with Crippen molar-refractivity contribution >= 4 is 44.9 Å². The lowest BCUT2D eigenvalue weighted by atomic mass is 10.1. The highest BCUT2D eigenvalue weighted by molar-refractivity contribution is 7.16. The zero-order chi connectivity index (χ0) is 22.3. The van der Waals surface area contributed by atoms with Gasteiger partial charge in [0.25, 0.3) is 5.56 Å². The fraction of sp³-hybridized carbons (Fsp3) is 0.190. The number of carbonyl (C=O) groups excluding carboxylic acids is 1. The Hall–Kier alpha value is -3.30. The summed E-state index contributed by atoms with van der Waals surface area (Å²) in [4.78, 5) is 47.2. The molecular formula is C21H18ClN5O3S. The molecule has 1 aromatic carbocycles. The SMILES string of the molecule is Cc1sc(NC(=O)Cc2nccc3c2c(=O)n(C)c(=O)n3C)nc1-c1ccc(Cl)cc1. The Morgan fingerprint density at radius 1 is 1.13 bits per heavy atom. The van der Waals surface area contributed by atoms with Gasteiger partial charge in [-0.25, -0.2) is 9.78 Å². The van der Waals surface area contributed by atoms with E-state index in [-0.39, 0.29) is 17.7 Å². The second kappa shape index (κ2) is 8.09. The first-order valence-electron chi connectivity index (χ1n) is 9.33. The number of pyridine rings is 1. The van der Waals surface area contributed by atoms with Gasteiger partial charge in [-0.2, -0.15) is 0 Å². The number of amides is 1. The van der Waals surface area contributed by atoms with Crippen LogP contribution in [0.5, 0.6) is 0 Å². The molecule has 0 bridgehead atoms. The van der Waals surface area contributed by atoms with Crippen molar-refractivity contribution in [3.63, 3.8) is 0 Å². The summed E-state index contributed by atoms with van der Waals surface area (Å²) in [5.74, 6) is -0.354. The van der Waals surface area contributed by atoms with Gasteiger partial charge in [0.2, 0.25) is 5.91 Å². The number of nitrogens with one attached hydrogen (secondary N) is 1. The molecule has 1 amide bonds. The minimum atomic E-state index is -0.482. The van der Waals surface area contributed by atoms with Crippen molar-refractivity contribution < 1.29 is 4.79 Å². The molecule has 4 rings (SSSR count). The highest BCUT2D eigenvalue weighted by Gasteiger charge is 2.17. The van der Waals surface area contributed by atoms with Crippen LogP contribution in [0, 0.1) is 6.92 Å². The van der Waals surface area contributed by atoms with Crippen LogP contribution in [0.25, 0.3) is 22.2 Å². The minimum Gasteiger partial charge on any atom is -0.302 e. The number of halogens is 1. The maximum atomic E-state index is 12.7. The van der Waals surface area contributed by atoms with Gasteiger partial charge in [-0.3, -0.25) is 23.7 Å². The third-order valence-electron chi connectivity index (χ3n) is 4.95. The van der Waals surface area contributed by atoms with Crippen LogP contribution >= 0.6 is 22.9 Å². The van der Waals surface area contributed by atoms with Gasteiger partial charge in [0.05, 0.1) is 28.7 Å². The topological polar surface area (TPSA) is 98.9 Å². The van der Waals surface area contributed by atoms with E-state index in [4.69, 9.17) is 11.6 Å². The van der Waals surface area contributed by atoms with E-state index in [2.05, 4.69) is 15.3 Å². The molecule has 0 aliphatic rings. The first-order valence-corrected chi connectivity index (χ1v) is 10.5. The van der Waals surface area contributed by atoms with Crippen molar-refractivity contribution in [1.82, 2.24) is 19.1 Å². The van der Waals surface area contributed by atoms with Gasteiger partial charge < -0.3 is 5.32 Å². The Bertz CT molecular complexity index is 1440. The molecule has 0 aliphatic carbocycles. The third kappa shape index (κ3) is 3.89. The van der Waals surface area contributed by atoms with Gasteiger partial charge in [0.1, 0.15) is 0 Å². The lowest BCUT2D eigenvalue weighted by molar-refractivity contribution is -0.115. The highest BCUT2D eigenvalue weighted by Crippen LogP contribution is 2.31. The largest absolute Gasteiger partial charge is 0.330 e. The Balaban J connectivity index is 1.63. The molecule has 1 N–H and O–H groups in total. The summed E-state index contributed by atoms with van der Waals surface area (Å²) in [6.45, 7) is 1.92. The van der Waals surface area contributed by atoms with Crippen LogP contribution in [0.2, 0.25) is 5.02 Å². The predicted octanol–water partition coefficient (Wildman–Crippen LogP) is 2.90. The number of fused-ring (bicyclic) bond motifs is 1. The van der Waals surface area contributed by atoms with Crippen LogP contribution in [0.3, 0.4) is 0 Å². The number of hydrogen-bond acceptors (Lipinski definition) is 6. The summed E-state index contributed by atoms with van der Waals surface area (Å²) < 4.78 is 2.37. The fourth-order valence-electron chi connectivity index (χ4n) is 3.36. The molecule has 0 fully saturated rings. The zero-order valence-corrected chi connectivity index (χ0v) is 18.5. The molecule has 8 nitrogen and oxygen atoms in total. The lowest BCUT2D eigenvalue weighted by Gasteiger charge is -2.10. The Morgan fingerprint density at radius 3 is 2.55 bits per heavy atom. The summed E-state index contributed by atoms with van der Waals surface area (Å²) in [6.07, 6.45) is 1.36. The molecule has 158 valence electrons. The van der Waals surface area contributed by atoms with E-state index >= 15 is 0 Å². The van der Waals surface area contributed by atoms with Crippen LogP contribution in [0.4, 0.5) is 5.13 Å². The van der Waals surface area contributed by atoms with Crippen molar-refractivity contribution in [2.45, 2.75) is 13.3 Å². The molecule has 0 saturated heterocycles. The van der Waals surface area contributed by atoms with Crippen LogP contribution in [0.15, 0.2) is 46.1 Å². The maximum absolute atomic E-state index is 12.7. The summed E-state index contributed by atoms with van der Waals surface area (Å²) in [5.41, 5.74) is 1.48. The minimum absolute atomic E-state index is 0.125. The maximum Gasteiger partial charge on any atom is 0.330 e. The number of thiazole rings is 1. The van der Waals surface area contributed by atoms with E-state index in [0.29, 0.717) is 21.4 Å². The number of rotatable bonds is 4. The van der Waals surface area contributed by atoms with Crippen LogP contribution < -0.4 is 16.6 Å². The molecule has 10 heteroatoms. The van der Waals surface area contributed by atoms with Crippen molar-refractivity contribution in [2.24, 2.45) is 14.1 Å². The number of nitrogens with zero attached hydrogens (tertiary/aromatic N) is 4. The summed E-state index contributed by atoms with van der Waals surface area (Å²) >= 11 is 7.31. The van der Waals surface area contributed by atoms with Gasteiger partial charge in [-0.05, 0) is 25.1 Å². The lowest BCUT2D eigenvalue weighted by Crippen LogP contribution is -2.37. The van der Waals surface area contributed by atoms with Gasteiger partial charge >= 0.3 is 5.69 Å². The van der Waals surface area contributed by atoms with Gasteiger partial charge in [0, 0.05) is 35.8 Å². The quantitative estimate of drug-likeness (QED) is 0.510. The highest BCUT2D eigenvalue weighted by atomic mass is 35.5. The zero-order valence-electron chi connectivity index (χ0n) is 17.0. The second-order valence-corrected chi connectivity index (χ2v) is 8.65. The number of hydrogen-bond donors (Lipinski definition) is 1. The fourth-order valence-corrected chi connectivity index (χ4v) is 4.34. The monoisotopic (exact) mass is 455 g/mol. The number of anilines is 1. The first-order chi connectivity index (χ1) is 14.8. The van der Waals surface area contributed by atoms with Gasteiger partial charge in [-0.15, -0.1) is 11.3 Å². The summed E-state index contributed by atoms with van der Waals surface area (Å²) in [7, 11) is 2.97.